The Balaban J connectivity index is 2.28. The molecule has 0 amide bonds. The first-order valence-corrected chi connectivity index (χ1v) is 8.02. The standard InChI is InChI=1S/C15H20OSi2/c16-15(11-14(12-18)7-4-10-17)9-8-13-5-2-1-3-6-13/h1-3,5-6,14H,4,7-12H2. The summed E-state index contributed by atoms with van der Waals surface area (Å²) in [7, 11) is 7.03. The molecular weight excluding hydrogens is 252 g/mol. The molecule has 18 heavy (non-hydrogen) atoms. The molecule has 1 nitrogen and oxygen atoms in total. The minimum atomic E-state index is 0.385. The smallest absolute Gasteiger partial charge is 0.133 e. The first kappa shape index (κ1) is 15.4. The van der Waals surface area contributed by atoms with E-state index in [2.05, 4.69) is 32.6 Å². The van der Waals surface area contributed by atoms with E-state index in [1.165, 1.54) is 5.56 Å². The van der Waals surface area contributed by atoms with Crippen molar-refractivity contribution >= 4 is 26.3 Å². The fraction of sp³-hybridized carbons (Fsp3) is 0.533. The van der Waals surface area contributed by atoms with Crippen LogP contribution in [0.25, 0.3) is 0 Å². The Morgan fingerprint density at radius 3 is 2.50 bits per heavy atom. The van der Waals surface area contributed by atoms with Crippen LogP contribution in [0.2, 0.25) is 12.1 Å². The molecule has 6 radical (unpaired) electrons. The van der Waals surface area contributed by atoms with Crippen LogP contribution >= 0.6 is 0 Å². The lowest BCUT2D eigenvalue weighted by Crippen LogP contribution is -2.09. The van der Waals surface area contributed by atoms with Crippen molar-refractivity contribution in [3.63, 3.8) is 0 Å². The molecule has 3 heteroatoms. The Hall–Kier alpha value is -0.676. The van der Waals surface area contributed by atoms with E-state index in [0.717, 1.165) is 31.4 Å². The highest BCUT2D eigenvalue weighted by Gasteiger charge is 2.11. The number of carbonyl (C=O) groups is 1. The maximum atomic E-state index is 11.9. The van der Waals surface area contributed by atoms with Crippen molar-refractivity contribution < 1.29 is 4.79 Å². The summed E-state index contributed by atoms with van der Waals surface area (Å²) in [5, 5.41) is 0. The second kappa shape index (κ2) is 9.28. The van der Waals surface area contributed by atoms with Crippen LogP contribution in [0.4, 0.5) is 0 Å². The Morgan fingerprint density at radius 2 is 1.89 bits per heavy atom. The van der Waals surface area contributed by atoms with Crippen LogP contribution in [-0.4, -0.2) is 26.3 Å². The molecule has 0 fully saturated rings. The lowest BCUT2D eigenvalue weighted by molar-refractivity contribution is -0.119. The quantitative estimate of drug-likeness (QED) is 0.631. The molecule has 0 saturated carbocycles. The van der Waals surface area contributed by atoms with Crippen molar-refractivity contribution in [2.24, 2.45) is 5.92 Å². The second-order valence-electron chi connectivity index (χ2n) is 4.69. The second-order valence-corrected chi connectivity index (χ2v) is 5.60. The van der Waals surface area contributed by atoms with Crippen LogP contribution in [0.5, 0.6) is 0 Å². The molecule has 0 aromatic heterocycles. The predicted octanol–water partition coefficient (Wildman–Crippen LogP) is 3.15. The van der Waals surface area contributed by atoms with Crippen LogP contribution in [0.15, 0.2) is 30.3 Å². The molecule has 0 aliphatic rings. The highest BCUT2D eigenvalue weighted by Crippen LogP contribution is 2.17. The number of aryl methyl sites for hydroxylation is 1. The van der Waals surface area contributed by atoms with Gasteiger partial charge in [0, 0.05) is 33.3 Å². The number of Topliss-reactive ketones (excluding diaryl/α,β-unsaturated/α-hetero) is 1. The first-order valence-electron chi connectivity index (χ1n) is 6.61. The summed E-state index contributed by atoms with van der Waals surface area (Å²) in [6.45, 7) is 0. The van der Waals surface area contributed by atoms with Gasteiger partial charge in [0.1, 0.15) is 5.78 Å². The van der Waals surface area contributed by atoms with Crippen LogP contribution in [-0.2, 0) is 11.2 Å². The van der Waals surface area contributed by atoms with Crippen LogP contribution in [0, 0.1) is 5.92 Å². The number of benzene rings is 1. The summed E-state index contributed by atoms with van der Waals surface area (Å²) in [5.74, 6) is 0.873. The van der Waals surface area contributed by atoms with Crippen LogP contribution in [0.3, 0.4) is 0 Å². The minimum Gasteiger partial charge on any atom is -0.300 e. The van der Waals surface area contributed by atoms with E-state index in [1.54, 1.807) is 0 Å². The Morgan fingerprint density at radius 1 is 1.17 bits per heavy atom. The van der Waals surface area contributed by atoms with E-state index < -0.39 is 0 Å². The molecule has 1 atom stereocenters. The van der Waals surface area contributed by atoms with Crippen LogP contribution < -0.4 is 0 Å². The monoisotopic (exact) mass is 272 g/mol. The molecule has 0 aliphatic carbocycles. The third kappa shape index (κ3) is 6.31. The highest BCUT2D eigenvalue weighted by molar-refractivity contribution is 6.09. The molecule has 0 N–H and O–H groups in total. The van der Waals surface area contributed by atoms with Crippen molar-refractivity contribution in [3.8, 4) is 0 Å². The zero-order valence-electron chi connectivity index (χ0n) is 10.8. The van der Waals surface area contributed by atoms with E-state index >= 15 is 0 Å². The lowest BCUT2D eigenvalue weighted by Gasteiger charge is -2.13. The Bertz CT molecular complexity index is 338. The fourth-order valence-electron chi connectivity index (χ4n) is 2.02. The van der Waals surface area contributed by atoms with Gasteiger partial charge in [-0.1, -0.05) is 55.3 Å². The predicted molar refractivity (Wildman–Crippen MR) is 78.2 cm³/mol. The van der Waals surface area contributed by atoms with Crippen molar-refractivity contribution in [3.05, 3.63) is 35.9 Å². The average Bonchev–Trinajstić information content (AvgIpc) is 2.42. The number of carbonyl (C=O) groups excluding carboxylic acids is 1. The molecule has 0 spiro atoms. The van der Waals surface area contributed by atoms with Gasteiger partial charge in [0.2, 0.25) is 0 Å². The van der Waals surface area contributed by atoms with Gasteiger partial charge in [-0.25, -0.2) is 0 Å². The maximum Gasteiger partial charge on any atom is 0.133 e. The fourth-order valence-corrected chi connectivity index (χ4v) is 2.57. The van der Waals surface area contributed by atoms with Crippen LogP contribution in [0.1, 0.15) is 31.2 Å². The number of ketones is 1. The van der Waals surface area contributed by atoms with Crippen molar-refractivity contribution in [1.29, 1.82) is 0 Å². The maximum absolute atomic E-state index is 11.9. The molecule has 1 rings (SSSR count). The zero-order valence-corrected chi connectivity index (χ0v) is 12.8. The molecule has 0 saturated heterocycles. The molecule has 1 aromatic carbocycles. The van der Waals surface area contributed by atoms with Gasteiger partial charge < -0.3 is 0 Å². The first-order chi connectivity index (χ1) is 8.76. The van der Waals surface area contributed by atoms with E-state index in [9.17, 15) is 4.79 Å². The highest BCUT2D eigenvalue weighted by atomic mass is 28.1. The molecule has 1 aromatic rings. The van der Waals surface area contributed by atoms with Crippen molar-refractivity contribution in [1.82, 2.24) is 0 Å². The lowest BCUT2D eigenvalue weighted by atomic mass is 9.96. The molecule has 0 aliphatic heterocycles. The van der Waals surface area contributed by atoms with E-state index in [1.807, 2.05) is 18.2 Å². The van der Waals surface area contributed by atoms with Gasteiger partial charge in [-0.05, 0) is 17.9 Å². The Labute approximate surface area is 117 Å². The van der Waals surface area contributed by atoms with Gasteiger partial charge in [0.05, 0.1) is 0 Å². The summed E-state index contributed by atoms with van der Waals surface area (Å²) < 4.78 is 0. The molecule has 0 bridgehead atoms. The summed E-state index contributed by atoms with van der Waals surface area (Å²) in [6.07, 6.45) is 4.50. The number of hydrogen-bond acceptors (Lipinski definition) is 1. The zero-order chi connectivity index (χ0) is 13.2. The van der Waals surface area contributed by atoms with Gasteiger partial charge in [-0.15, -0.1) is 0 Å². The van der Waals surface area contributed by atoms with Gasteiger partial charge in [-0.3, -0.25) is 4.79 Å². The van der Waals surface area contributed by atoms with Gasteiger partial charge in [-0.2, -0.15) is 0 Å². The largest absolute Gasteiger partial charge is 0.300 e. The number of hydrogen-bond donors (Lipinski definition) is 0. The minimum absolute atomic E-state index is 0.385. The van der Waals surface area contributed by atoms with Gasteiger partial charge >= 0.3 is 0 Å². The molecule has 0 heterocycles. The summed E-state index contributed by atoms with van der Waals surface area (Å²) >= 11 is 0. The third-order valence-electron chi connectivity index (χ3n) is 3.13. The van der Waals surface area contributed by atoms with Gasteiger partial charge in [0.15, 0.2) is 0 Å². The van der Waals surface area contributed by atoms with Crippen molar-refractivity contribution in [2.45, 2.75) is 44.2 Å². The average molecular weight is 272 g/mol. The normalized spacial score (nSPS) is 12.3. The Kier molecular flexibility index (Phi) is 7.93. The van der Waals surface area contributed by atoms with E-state index in [0.29, 0.717) is 24.5 Å². The third-order valence-corrected chi connectivity index (χ3v) is 4.06. The van der Waals surface area contributed by atoms with Gasteiger partial charge in [0.25, 0.3) is 0 Å². The summed E-state index contributed by atoms with van der Waals surface area (Å²) in [4.78, 5) is 11.9. The van der Waals surface area contributed by atoms with Crippen molar-refractivity contribution in [2.75, 3.05) is 0 Å². The topological polar surface area (TPSA) is 17.1 Å². The number of rotatable bonds is 9. The van der Waals surface area contributed by atoms with E-state index in [-0.39, 0.29) is 0 Å². The summed E-state index contributed by atoms with van der Waals surface area (Å²) in [5.41, 5.74) is 1.25. The summed E-state index contributed by atoms with van der Waals surface area (Å²) in [6, 6.07) is 12.2. The molecular formula is C15H20OSi2. The SMILES string of the molecule is O=C(CCc1ccccc1)CC(C[Si])CCC[Si]. The molecule has 94 valence electrons. The molecule has 1 unspecified atom stereocenters. The van der Waals surface area contributed by atoms with E-state index in [4.69, 9.17) is 0 Å².